The van der Waals surface area contributed by atoms with E-state index in [0.29, 0.717) is 11.3 Å². The molecule has 2 heterocycles. The number of carbonyl (C=O) groups is 2. The molecule has 0 spiro atoms. The summed E-state index contributed by atoms with van der Waals surface area (Å²) in [4.78, 5) is 24.8. The van der Waals surface area contributed by atoms with Gasteiger partial charge in [0, 0.05) is 11.1 Å². The SMILES string of the molecule is Cc1c(C(=O)COC(=O)CC2CCS(=O)(=O)C2)sc2ccccc12. The lowest BCUT2D eigenvalue weighted by Gasteiger charge is -2.07. The summed E-state index contributed by atoms with van der Waals surface area (Å²) in [5.74, 6) is -0.759. The maximum atomic E-state index is 12.3. The van der Waals surface area contributed by atoms with Gasteiger partial charge in [0.1, 0.15) is 0 Å². The van der Waals surface area contributed by atoms with Crippen LogP contribution in [0.4, 0.5) is 0 Å². The highest BCUT2D eigenvalue weighted by molar-refractivity contribution is 7.91. The second-order valence-electron chi connectivity index (χ2n) is 6.11. The van der Waals surface area contributed by atoms with Crippen LogP contribution in [0.3, 0.4) is 0 Å². The molecule has 128 valence electrons. The number of rotatable bonds is 5. The summed E-state index contributed by atoms with van der Waals surface area (Å²) in [6.07, 6.45) is 0.540. The molecule has 0 saturated carbocycles. The molecular weight excluding hydrogens is 348 g/mol. The van der Waals surface area contributed by atoms with Gasteiger partial charge < -0.3 is 4.74 Å². The minimum absolute atomic E-state index is 0.0332. The van der Waals surface area contributed by atoms with E-state index in [-0.39, 0.29) is 36.2 Å². The number of esters is 1. The summed E-state index contributed by atoms with van der Waals surface area (Å²) in [7, 11) is -3.01. The van der Waals surface area contributed by atoms with E-state index in [1.54, 1.807) is 0 Å². The topological polar surface area (TPSA) is 77.5 Å². The Kier molecular flexibility index (Phi) is 4.73. The highest BCUT2D eigenvalue weighted by Crippen LogP contribution is 2.31. The van der Waals surface area contributed by atoms with Gasteiger partial charge in [-0.2, -0.15) is 0 Å². The lowest BCUT2D eigenvalue weighted by molar-refractivity contribution is -0.143. The van der Waals surface area contributed by atoms with Gasteiger partial charge in [0.05, 0.1) is 16.4 Å². The first-order valence-electron chi connectivity index (χ1n) is 7.73. The van der Waals surface area contributed by atoms with Crippen LogP contribution in [0.5, 0.6) is 0 Å². The molecule has 1 fully saturated rings. The Morgan fingerprint density at radius 3 is 2.71 bits per heavy atom. The molecule has 1 aliphatic rings. The monoisotopic (exact) mass is 366 g/mol. The van der Waals surface area contributed by atoms with Gasteiger partial charge in [-0.15, -0.1) is 11.3 Å². The minimum Gasteiger partial charge on any atom is -0.457 e. The quantitative estimate of drug-likeness (QED) is 0.601. The first-order valence-corrected chi connectivity index (χ1v) is 10.4. The number of ether oxygens (including phenoxy) is 1. The standard InChI is InChI=1S/C17H18O5S2/c1-11-13-4-2-3-5-15(13)23-17(11)14(18)9-22-16(19)8-12-6-7-24(20,21)10-12/h2-5,12H,6-10H2,1H3. The molecule has 1 aromatic carbocycles. The fourth-order valence-electron chi connectivity index (χ4n) is 2.98. The number of benzene rings is 1. The van der Waals surface area contributed by atoms with Gasteiger partial charge in [0.2, 0.25) is 5.78 Å². The van der Waals surface area contributed by atoms with Crippen molar-refractivity contribution in [3.8, 4) is 0 Å². The Morgan fingerprint density at radius 2 is 2.04 bits per heavy atom. The Bertz CT molecular complexity index is 895. The van der Waals surface area contributed by atoms with E-state index in [2.05, 4.69) is 0 Å². The molecule has 3 rings (SSSR count). The molecule has 0 N–H and O–H groups in total. The largest absolute Gasteiger partial charge is 0.457 e. The van der Waals surface area contributed by atoms with E-state index in [9.17, 15) is 18.0 Å². The normalized spacial score (nSPS) is 19.5. The molecule has 5 nitrogen and oxygen atoms in total. The molecule has 7 heteroatoms. The smallest absolute Gasteiger partial charge is 0.306 e. The summed E-state index contributed by atoms with van der Waals surface area (Å²) in [6.45, 7) is 1.59. The molecule has 1 aliphatic heterocycles. The van der Waals surface area contributed by atoms with Crippen LogP contribution in [-0.2, 0) is 19.4 Å². The van der Waals surface area contributed by atoms with Gasteiger partial charge >= 0.3 is 5.97 Å². The van der Waals surface area contributed by atoms with Crippen LogP contribution in [0.15, 0.2) is 24.3 Å². The first-order chi connectivity index (χ1) is 11.4. The predicted octanol–water partition coefficient (Wildman–Crippen LogP) is 2.76. The van der Waals surface area contributed by atoms with E-state index in [1.165, 1.54) is 11.3 Å². The van der Waals surface area contributed by atoms with Crippen molar-refractivity contribution in [1.29, 1.82) is 0 Å². The lowest BCUT2D eigenvalue weighted by Crippen LogP contribution is -2.17. The Morgan fingerprint density at radius 1 is 1.29 bits per heavy atom. The number of sulfone groups is 1. The summed E-state index contributed by atoms with van der Waals surface area (Å²) in [6, 6.07) is 7.76. The maximum absolute atomic E-state index is 12.3. The van der Waals surface area contributed by atoms with Crippen molar-refractivity contribution in [1.82, 2.24) is 0 Å². The summed E-state index contributed by atoms with van der Waals surface area (Å²) in [5.41, 5.74) is 0.901. The number of hydrogen-bond donors (Lipinski definition) is 0. The number of fused-ring (bicyclic) bond motifs is 1. The fraction of sp³-hybridized carbons (Fsp3) is 0.412. The van der Waals surface area contributed by atoms with Crippen LogP contribution in [-0.4, -0.2) is 38.3 Å². The van der Waals surface area contributed by atoms with Gasteiger partial charge in [-0.05, 0) is 36.3 Å². The van der Waals surface area contributed by atoms with Crippen molar-refractivity contribution >= 4 is 43.0 Å². The number of carbonyl (C=O) groups excluding carboxylic acids is 2. The van der Waals surface area contributed by atoms with Crippen LogP contribution in [0.2, 0.25) is 0 Å². The molecular formula is C17H18O5S2. The van der Waals surface area contributed by atoms with E-state index < -0.39 is 15.8 Å². The molecule has 0 aliphatic carbocycles. The lowest BCUT2D eigenvalue weighted by atomic mass is 10.1. The zero-order chi connectivity index (χ0) is 17.3. The van der Waals surface area contributed by atoms with Crippen LogP contribution in [0.1, 0.15) is 28.1 Å². The molecule has 1 atom stereocenters. The van der Waals surface area contributed by atoms with Gasteiger partial charge in [0.15, 0.2) is 16.4 Å². The number of Topliss-reactive ketones (excluding diaryl/α,β-unsaturated/α-hetero) is 1. The third-order valence-electron chi connectivity index (χ3n) is 4.24. The van der Waals surface area contributed by atoms with Crippen molar-refractivity contribution in [2.24, 2.45) is 5.92 Å². The van der Waals surface area contributed by atoms with E-state index in [4.69, 9.17) is 4.74 Å². The molecule has 1 saturated heterocycles. The van der Waals surface area contributed by atoms with Crippen LogP contribution in [0, 0.1) is 12.8 Å². The summed E-state index contributed by atoms with van der Waals surface area (Å²) >= 11 is 1.40. The average molecular weight is 366 g/mol. The molecule has 0 bridgehead atoms. The third kappa shape index (κ3) is 3.67. The van der Waals surface area contributed by atoms with E-state index in [1.807, 2.05) is 31.2 Å². The van der Waals surface area contributed by atoms with Gasteiger partial charge in [-0.3, -0.25) is 9.59 Å². The number of aryl methyl sites for hydroxylation is 1. The van der Waals surface area contributed by atoms with Crippen LogP contribution in [0.25, 0.3) is 10.1 Å². The fourth-order valence-corrected chi connectivity index (χ4v) is 5.97. The zero-order valence-corrected chi connectivity index (χ0v) is 14.9. The number of hydrogen-bond acceptors (Lipinski definition) is 6. The number of thiophene rings is 1. The summed E-state index contributed by atoms with van der Waals surface area (Å²) in [5, 5.41) is 1.04. The molecule has 0 amide bonds. The van der Waals surface area contributed by atoms with Crippen molar-refractivity contribution in [3.05, 3.63) is 34.7 Å². The van der Waals surface area contributed by atoms with Crippen LogP contribution >= 0.6 is 11.3 Å². The average Bonchev–Trinajstić information content (AvgIpc) is 3.05. The molecule has 2 aromatic rings. The van der Waals surface area contributed by atoms with Crippen LogP contribution < -0.4 is 0 Å². The Labute approximate surface area is 144 Å². The minimum atomic E-state index is -3.01. The predicted molar refractivity (Wildman–Crippen MR) is 93.2 cm³/mol. The third-order valence-corrected chi connectivity index (χ3v) is 7.39. The van der Waals surface area contributed by atoms with E-state index >= 15 is 0 Å². The second kappa shape index (κ2) is 6.64. The number of ketones is 1. The van der Waals surface area contributed by atoms with Gasteiger partial charge in [0.25, 0.3) is 0 Å². The Balaban J connectivity index is 1.58. The van der Waals surface area contributed by atoms with Crippen molar-refractivity contribution in [2.75, 3.05) is 18.1 Å². The first kappa shape index (κ1) is 17.1. The van der Waals surface area contributed by atoms with Gasteiger partial charge in [-0.1, -0.05) is 18.2 Å². The van der Waals surface area contributed by atoms with Gasteiger partial charge in [-0.25, -0.2) is 8.42 Å². The van der Waals surface area contributed by atoms with E-state index in [0.717, 1.165) is 15.6 Å². The maximum Gasteiger partial charge on any atom is 0.306 e. The summed E-state index contributed by atoms with van der Waals surface area (Å²) < 4.78 is 28.9. The van der Waals surface area contributed by atoms with Crippen molar-refractivity contribution in [2.45, 2.75) is 19.8 Å². The zero-order valence-electron chi connectivity index (χ0n) is 13.3. The Hall–Kier alpha value is -1.73. The molecule has 1 unspecified atom stereocenters. The molecule has 24 heavy (non-hydrogen) atoms. The highest BCUT2D eigenvalue weighted by atomic mass is 32.2. The van der Waals surface area contributed by atoms with Crippen molar-refractivity contribution < 1.29 is 22.7 Å². The highest BCUT2D eigenvalue weighted by Gasteiger charge is 2.30. The molecule has 1 aromatic heterocycles. The van der Waals surface area contributed by atoms with Crippen molar-refractivity contribution in [3.63, 3.8) is 0 Å². The molecule has 0 radical (unpaired) electrons. The second-order valence-corrected chi connectivity index (χ2v) is 9.39.